The number of oxazole rings is 1. The number of amides is 1. The molecule has 5 aromatic rings. The van der Waals surface area contributed by atoms with Gasteiger partial charge in [-0.05, 0) is 61.0 Å². The third kappa shape index (κ3) is 4.76. The molecule has 1 aromatic heterocycles. The van der Waals surface area contributed by atoms with E-state index in [2.05, 4.69) is 10.3 Å². The highest BCUT2D eigenvalue weighted by atomic mass is 16.7. The van der Waals surface area contributed by atoms with E-state index in [0.717, 1.165) is 11.1 Å². The van der Waals surface area contributed by atoms with Crippen LogP contribution in [0.25, 0.3) is 22.6 Å². The minimum Gasteiger partial charge on any atom is -0.446 e. The zero-order valence-corrected chi connectivity index (χ0v) is 18.5. The Bertz CT molecular complexity index is 1370. The maximum absolute atomic E-state index is 13.1. The molecule has 0 aliphatic heterocycles. The molecular weight excluding hydrogens is 428 g/mol. The van der Waals surface area contributed by atoms with Gasteiger partial charge in [0, 0.05) is 11.3 Å². The average Bonchev–Trinajstić information content (AvgIpc) is 3.28. The number of anilines is 1. The Hall–Kier alpha value is -4.58. The van der Waals surface area contributed by atoms with Crippen LogP contribution in [0.2, 0.25) is 0 Å². The molecule has 0 radical (unpaired) electrons. The van der Waals surface area contributed by atoms with Crippen LogP contribution in [0.1, 0.15) is 5.56 Å². The number of aryl methyl sites for hydroxylation is 1. The van der Waals surface area contributed by atoms with E-state index in [1.165, 1.54) is 0 Å². The smallest absolute Gasteiger partial charge is 0.321 e. The van der Waals surface area contributed by atoms with Gasteiger partial charge in [0.05, 0.1) is 0 Å². The van der Waals surface area contributed by atoms with E-state index < -0.39 is 12.2 Å². The van der Waals surface area contributed by atoms with Gasteiger partial charge in [-0.2, -0.15) is 0 Å². The quantitative estimate of drug-likeness (QED) is 0.298. The number of aromatic nitrogens is 1. The number of hydrogen-bond donors (Lipinski definition) is 1. The van der Waals surface area contributed by atoms with Crippen molar-refractivity contribution in [3.8, 4) is 23.0 Å². The Morgan fingerprint density at radius 1 is 0.824 bits per heavy atom. The fraction of sp³-hybridized carbons (Fsp3) is 0.0714. The molecule has 6 nitrogen and oxygen atoms in total. The number of ether oxygens (including phenoxy) is 2. The van der Waals surface area contributed by atoms with Crippen LogP contribution >= 0.6 is 0 Å². The maximum atomic E-state index is 13.1. The van der Waals surface area contributed by atoms with Gasteiger partial charge in [0.15, 0.2) is 5.58 Å². The van der Waals surface area contributed by atoms with Crippen LogP contribution in [0.15, 0.2) is 108 Å². The molecule has 168 valence electrons. The summed E-state index contributed by atoms with van der Waals surface area (Å²) < 4.78 is 17.6. The number of hydrogen-bond acceptors (Lipinski definition) is 5. The van der Waals surface area contributed by atoms with E-state index in [4.69, 9.17) is 13.9 Å². The normalized spacial score (nSPS) is 10.9. The second kappa shape index (κ2) is 9.50. The average molecular weight is 450 g/mol. The molecule has 34 heavy (non-hydrogen) atoms. The van der Waals surface area contributed by atoms with E-state index >= 15 is 0 Å². The molecule has 0 spiro atoms. The van der Waals surface area contributed by atoms with Crippen LogP contribution in [0.3, 0.4) is 0 Å². The molecule has 0 unspecified atom stereocenters. The molecule has 0 aliphatic rings. The molecule has 0 atom stereocenters. The third-order valence-electron chi connectivity index (χ3n) is 5.22. The van der Waals surface area contributed by atoms with Gasteiger partial charge in [-0.25, -0.2) is 4.98 Å². The molecule has 1 N–H and O–H groups in total. The highest BCUT2D eigenvalue weighted by Crippen LogP contribution is 2.28. The van der Waals surface area contributed by atoms with Crippen molar-refractivity contribution < 1.29 is 18.7 Å². The molecule has 1 heterocycles. The van der Waals surface area contributed by atoms with Crippen LogP contribution in [-0.4, -0.2) is 17.2 Å². The minimum absolute atomic E-state index is 0.449. The molecule has 0 fully saturated rings. The topological polar surface area (TPSA) is 73.6 Å². The van der Waals surface area contributed by atoms with Gasteiger partial charge in [0.25, 0.3) is 0 Å². The first kappa shape index (κ1) is 21.3. The molecule has 6 heteroatoms. The molecule has 1 amide bonds. The lowest BCUT2D eigenvalue weighted by Gasteiger charge is -2.20. The lowest BCUT2D eigenvalue weighted by Crippen LogP contribution is -2.38. The number of carbonyl (C=O) groups is 1. The van der Waals surface area contributed by atoms with Crippen LogP contribution in [0.4, 0.5) is 5.69 Å². The van der Waals surface area contributed by atoms with Crippen molar-refractivity contribution in [3.63, 3.8) is 0 Å². The molecule has 0 aliphatic carbocycles. The lowest BCUT2D eigenvalue weighted by atomic mass is 10.1. The Kier molecular flexibility index (Phi) is 5.95. The first-order valence-electron chi connectivity index (χ1n) is 10.9. The number of nitrogens with zero attached hydrogens (tertiary/aromatic N) is 1. The van der Waals surface area contributed by atoms with Crippen molar-refractivity contribution in [1.82, 2.24) is 4.98 Å². The molecule has 0 saturated heterocycles. The zero-order chi connectivity index (χ0) is 23.3. The predicted octanol–water partition coefficient (Wildman–Crippen LogP) is 6.23. The Morgan fingerprint density at radius 2 is 1.44 bits per heavy atom. The summed E-state index contributed by atoms with van der Waals surface area (Å²) in [4.78, 5) is 17.7. The standard InChI is InChI=1S/C28H22N2O4/c1-19-10-8-9-15-23(19)27-30-24-18-20(16-17-25(24)34-27)29-26(31)28(32-21-11-4-2-5-12-21)33-22-13-6-3-7-14-22/h2-18,28H,1H3,(H,29,31). The van der Waals surface area contributed by atoms with Crippen molar-refractivity contribution in [2.45, 2.75) is 13.2 Å². The summed E-state index contributed by atoms with van der Waals surface area (Å²) in [5.74, 6) is 1.13. The highest BCUT2D eigenvalue weighted by molar-refractivity contribution is 5.95. The van der Waals surface area contributed by atoms with Crippen LogP contribution in [0.5, 0.6) is 11.5 Å². The largest absolute Gasteiger partial charge is 0.446 e. The number of nitrogens with one attached hydrogen (secondary N) is 1. The third-order valence-corrected chi connectivity index (χ3v) is 5.22. The van der Waals surface area contributed by atoms with Crippen molar-refractivity contribution in [2.24, 2.45) is 0 Å². The van der Waals surface area contributed by atoms with E-state index in [1.807, 2.05) is 67.6 Å². The summed E-state index contributed by atoms with van der Waals surface area (Å²) in [7, 11) is 0. The lowest BCUT2D eigenvalue weighted by molar-refractivity contribution is -0.134. The van der Waals surface area contributed by atoms with E-state index in [1.54, 1.807) is 42.5 Å². The molecule has 0 bridgehead atoms. The molecule has 0 saturated carbocycles. The predicted molar refractivity (Wildman–Crippen MR) is 131 cm³/mol. The Balaban J connectivity index is 1.38. The first-order chi connectivity index (χ1) is 16.7. The Labute approximate surface area is 196 Å². The van der Waals surface area contributed by atoms with Crippen molar-refractivity contribution in [2.75, 3.05) is 5.32 Å². The molecular formula is C28H22N2O4. The zero-order valence-electron chi connectivity index (χ0n) is 18.5. The van der Waals surface area contributed by atoms with Gasteiger partial charge in [0.2, 0.25) is 5.89 Å². The maximum Gasteiger partial charge on any atom is 0.321 e. The minimum atomic E-state index is -1.19. The summed E-state index contributed by atoms with van der Waals surface area (Å²) in [5.41, 5.74) is 3.83. The summed E-state index contributed by atoms with van der Waals surface area (Å²) in [6.45, 7) is 2.01. The number of para-hydroxylation sites is 2. The van der Waals surface area contributed by atoms with Crippen molar-refractivity contribution in [1.29, 1.82) is 0 Å². The van der Waals surface area contributed by atoms with Gasteiger partial charge in [-0.15, -0.1) is 0 Å². The highest BCUT2D eigenvalue weighted by Gasteiger charge is 2.23. The van der Waals surface area contributed by atoms with E-state index in [0.29, 0.717) is 34.2 Å². The number of benzene rings is 4. The monoisotopic (exact) mass is 450 g/mol. The van der Waals surface area contributed by atoms with E-state index in [9.17, 15) is 4.79 Å². The molecule has 4 aromatic carbocycles. The van der Waals surface area contributed by atoms with Gasteiger partial charge in [-0.3, -0.25) is 4.79 Å². The van der Waals surface area contributed by atoms with Gasteiger partial charge >= 0.3 is 12.2 Å². The summed E-state index contributed by atoms with van der Waals surface area (Å²) in [6.07, 6.45) is -1.19. The van der Waals surface area contributed by atoms with Crippen molar-refractivity contribution in [3.05, 3.63) is 109 Å². The summed E-state index contributed by atoms with van der Waals surface area (Å²) in [5, 5.41) is 2.86. The van der Waals surface area contributed by atoms with Gasteiger partial charge in [0.1, 0.15) is 17.0 Å². The number of rotatable bonds is 7. The fourth-order valence-corrected chi connectivity index (χ4v) is 3.51. The second-order valence-electron chi connectivity index (χ2n) is 7.70. The summed E-state index contributed by atoms with van der Waals surface area (Å²) >= 11 is 0. The molecule has 5 rings (SSSR count). The number of carbonyl (C=O) groups excluding carboxylic acids is 1. The number of fused-ring (bicyclic) bond motifs is 1. The summed E-state index contributed by atoms with van der Waals surface area (Å²) in [6, 6.07) is 31.3. The second-order valence-corrected chi connectivity index (χ2v) is 7.70. The SMILES string of the molecule is Cc1ccccc1-c1nc2cc(NC(=O)C(Oc3ccccc3)Oc3ccccc3)ccc2o1. The van der Waals surface area contributed by atoms with Crippen LogP contribution in [0, 0.1) is 6.92 Å². The first-order valence-corrected chi connectivity index (χ1v) is 10.9. The van der Waals surface area contributed by atoms with E-state index in [-0.39, 0.29) is 0 Å². The van der Waals surface area contributed by atoms with Gasteiger partial charge < -0.3 is 19.2 Å². The van der Waals surface area contributed by atoms with Crippen LogP contribution < -0.4 is 14.8 Å². The van der Waals surface area contributed by atoms with Gasteiger partial charge in [-0.1, -0.05) is 54.6 Å². The fourth-order valence-electron chi connectivity index (χ4n) is 3.51. The van der Waals surface area contributed by atoms with Crippen LogP contribution in [-0.2, 0) is 4.79 Å². The van der Waals surface area contributed by atoms with Crippen molar-refractivity contribution >= 4 is 22.7 Å². The Morgan fingerprint density at radius 3 is 2.09 bits per heavy atom.